The predicted octanol–water partition coefficient (Wildman–Crippen LogP) is 3.93. The number of rotatable bonds is 6. The molecule has 0 radical (unpaired) electrons. The van der Waals surface area contributed by atoms with Crippen molar-refractivity contribution in [3.05, 3.63) is 9.66 Å². The maximum absolute atomic E-state index is 11.9. The number of halogens is 1. The fraction of sp³-hybridized carbons (Fsp3) is 0.714. The third-order valence-electron chi connectivity index (χ3n) is 3.43. The van der Waals surface area contributed by atoms with Gasteiger partial charge in [-0.3, -0.25) is 9.79 Å². The Kier molecular flexibility index (Phi) is 4.39. The summed E-state index contributed by atoms with van der Waals surface area (Å²) in [5.74, 6) is 1.24. The highest BCUT2D eigenvalue weighted by atomic mass is 127. The predicted molar refractivity (Wildman–Crippen MR) is 79.7 cm³/mol. The van der Waals surface area contributed by atoms with Crippen molar-refractivity contribution < 1.29 is 4.79 Å². The van der Waals surface area contributed by atoms with Crippen LogP contribution in [0.3, 0.4) is 0 Å². The van der Waals surface area contributed by atoms with Crippen molar-refractivity contribution in [2.45, 2.75) is 52.0 Å². The maximum atomic E-state index is 11.9. The molecule has 1 unspecified atom stereocenters. The second-order valence-corrected chi connectivity index (χ2v) is 6.62. The van der Waals surface area contributed by atoms with Crippen LogP contribution in [0.5, 0.6) is 0 Å². The van der Waals surface area contributed by atoms with Gasteiger partial charge in [-0.25, -0.2) is 0 Å². The van der Waals surface area contributed by atoms with Gasteiger partial charge < -0.3 is 0 Å². The molecule has 1 atom stereocenters. The number of carbonyl (C=O) groups excluding carboxylic acids is 1. The molecule has 2 nitrogen and oxygen atoms in total. The van der Waals surface area contributed by atoms with Crippen LogP contribution < -0.4 is 0 Å². The number of allylic oxidation sites excluding steroid dienone is 1. The fourth-order valence-electron chi connectivity index (χ4n) is 2.14. The summed E-state index contributed by atoms with van der Waals surface area (Å²) >= 11 is 2.24. The lowest BCUT2D eigenvalue weighted by molar-refractivity contribution is -0.115. The Morgan fingerprint density at radius 2 is 2.18 bits per heavy atom. The van der Waals surface area contributed by atoms with Gasteiger partial charge in [0.15, 0.2) is 5.78 Å². The Morgan fingerprint density at radius 1 is 1.47 bits per heavy atom. The van der Waals surface area contributed by atoms with Gasteiger partial charge in [0.2, 0.25) is 0 Å². The van der Waals surface area contributed by atoms with Crippen LogP contribution in [0.2, 0.25) is 0 Å². The molecule has 0 spiro atoms. The lowest BCUT2D eigenvalue weighted by atomic mass is 10.1. The van der Waals surface area contributed by atoms with E-state index in [9.17, 15) is 4.79 Å². The SMILES string of the molecule is CC(C)C(=O)C1=NC(CCCC2CC2)C=C1I. The highest BCUT2D eigenvalue weighted by Gasteiger charge is 2.25. The number of ketones is 1. The Morgan fingerprint density at radius 3 is 2.76 bits per heavy atom. The van der Waals surface area contributed by atoms with Crippen molar-refractivity contribution in [2.75, 3.05) is 0 Å². The molecular weight excluding hydrogens is 325 g/mol. The van der Waals surface area contributed by atoms with Gasteiger partial charge in [0, 0.05) is 9.50 Å². The summed E-state index contributed by atoms with van der Waals surface area (Å²) in [6.07, 6.45) is 8.73. The average Bonchev–Trinajstić information content (AvgIpc) is 3.01. The molecule has 0 aromatic rings. The summed E-state index contributed by atoms with van der Waals surface area (Å²) in [5.41, 5.74) is 0.719. The van der Waals surface area contributed by atoms with Gasteiger partial charge in [-0.05, 0) is 41.0 Å². The van der Waals surface area contributed by atoms with Crippen molar-refractivity contribution in [1.82, 2.24) is 0 Å². The van der Waals surface area contributed by atoms with Crippen LogP contribution in [0, 0.1) is 11.8 Å². The zero-order valence-corrected chi connectivity index (χ0v) is 12.7. The zero-order valence-electron chi connectivity index (χ0n) is 10.6. The molecule has 0 aromatic heterocycles. The molecule has 1 heterocycles. The molecule has 1 aliphatic carbocycles. The maximum Gasteiger partial charge on any atom is 0.184 e. The zero-order chi connectivity index (χ0) is 12.4. The number of hydrogen-bond donors (Lipinski definition) is 0. The van der Waals surface area contributed by atoms with E-state index in [0.717, 1.165) is 21.6 Å². The van der Waals surface area contributed by atoms with Crippen LogP contribution in [0.1, 0.15) is 46.0 Å². The van der Waals surface area contributed by atoms with Gasteiger partial charge >= 0.3 is 0 Å². The molecule has 0 bridgehead atoms. The van der Waals surface area contributed by atoms with E-state index in [0.29, 0.717) is 0 Å². The minimum atomic E-state index is 0.0529. The van der Waals surface area contributed by atoms with Gasteiger partial charge in [0.05, 0.1) is 6.04 Å². The average molecular weight is 345 g/mol. The summed E-state index contributed by atoms with van der Waals surface area (Å²) in [6, 6.07) is 0.262. The summed E-state index contributed by atoms with van der Waals surface area (Å²) in [5, 5.41) is 0. The molecule has 0 aromatic carbocycles. The van der Waals surface area contributed by atoms with Crippen molar-refractivity contribution >= 4 is 34.1 Å². The third kappa shape index (κ3) is 3.63. The fourth-order valence-corrected chi connectivity index (χ4v) is 2.96. The number of aliphatic imine (C=N–C) groups is 1. The Balaban J connectivity index is 1.86. The molecule has 1 saturated carbocycles. The summed E-state index contributed by atoms with van der Waals surface area (Å²) in [6.45, 7) is 3.88. The first-order valence-electron chi connectivity index (χ1n) is 6.57. The summed E-state index contributed by atoms with van der Waals surface area (Å²) in [4.78, 5) is 16.5. The normalized spacial score (nSPS) is 23.9. The number of carbonyl (C=O) groups is 1. The number of Topliss-reactive ketones (excluding diaryl/α,β-unsaturated/α-hetero) is 1. The second kappa shape index (κ2) is 5.63. The second-order valence-electron chi connectivity index (χ2n) is 5.45. The Bertz CT molecular complexity index is 366. The van der Waals surface area contributed by atoms with E-state index in [2.05, 4.69) is 33.7 Å². The van der Waals surface area contributed by atoms with Gasteiger partial charge in [-0.2, -0.15) is 0 Å². The Hall–Kier alpha value is -0.190. The molecule has 1 fully saturated rings. The number of hydrogen-bond acceptors (Lipinski definition) is 2. The molecular formula is C14H20INO. The van der Waals surface area contributed by atoms with Crippen molar-refractivity contribution in [3.8, 4) is 0 Å². The third-order valence-corrected chi connectivity index (χ3v) is 4.30. The van der Waals surface area contributed by atoms with Crippen LogP contribution in [0.4, 0.5) is 0 Å². The van der Waals surface area contributed by atoms with E-state index in [1.807, 2.05) is 13.8 Å². The van der Waals surface area contributed by atoms with Crippen molar-refractivity contribution in [2.24, 2.45) is 16.8 Å². The van der Waals surface area contributed by atoms with E-state index < -0.39 is 0 Å². The summed E-state index contributed by atoms with van der Waals surface area (Å²) < 4.78 is 1.05. The molecule has 0 saturated heterocycles. The first-order chi connectivity index (χ1) is 8.08. The smallest absolute Gasteiger partial charge is 0.184 e. The van der Waals surface area contributed by atoms with Gasteiger partial charge in [-0.15, -0.1) is 0 Å². The van der Waals surface area contributed by atoms with Crippen LogP contribution in [-0.2, 0) is 4.79 Å². The highest BCUT2D eigenvalue weighted by Crippen LogP contribution is 2.34. The molecule has 94 valence electrons. The molecule has 2 rings (SSSR count). The minimum absolute atomic E-state index is 0.0529. The van der Waals surface area contributed by atoms with Gasteiger partial charge in [0.25, 0.3) is 0 Å². The quantitative estimate of drug-likeness (QED) is 0.671. The molecule has 2 aliphatic rings. The largest absolute Gasteiger partial charge is 0.292 e. The molecule has 1 aliphatic heterocycles. The lowest BCUT2D eigenvalue weighted by Crippen LogP contribution is -2.18. The highest BCUT2D eigenvalue weighted by molar-refractivity contribution is 14.1. The first-order valence-corrected chi connectivity index (χ1v) is 7.65. The van der Waals surface area contributed by atoms with Crippen molar-refractivity contribution in [3.63, 3.8) is 0 Å². The van der Waals surface area contributed by atoms with Crippen LogP contribution >= 0.6 is 22.6 Å². The molecule has 3 heteroatoms. The standard InChI is InChI=1S/C14H20INO/c1-9(2)14(17)13-12(15)8-11(16-13)5-3-4-10-6-7-10/h8-11H,3-7H2,1-2H3. The van der Waals surface area contributed by atoms with E-state index in [1.165, 1.54) is 25.7 Å². The molecule has 0 N–H and O–H groups in total. The topological polar surface area (TPSA) is 29.4 Å². The molecule has 0 amide bonds. The molecule has 17 heavy (non-hydrogen) atoms. The first kappa shape index (κ1) is 13.2. The van der Waals surface area contributed by atoms with E-state index >= 15 is 0 Å². The minimum Gasteiger partial charge on any atom is -0.292 e. The number of nitrogens with zero attached hydrogens (tertiary/aromatic N) is 1. The Labute approximate surface area is 117 Å². The summed E-state index contributed by atoms with van der Waals surface area (Å²) in [7, 11) is 0. The lowest BCUT2D eigenvalue weighted by Gasteiger charge is -2.05. The van der Waals surface area contributed by atoms with E-state index in [1.54, 1.807) is 0 Å². The van der Waals surface area contributed by atoms with Crippen molar-refractivity contribution in [1.29, 1.82) is 0 Å². The van der Waals surface area contributed by atoms with E-state index in [4.69, 9.17) is 0 Å². The van der Waals surface area contributed by atoms with Crippen LogP contribution in [0.25, 0.3) is 0 Å². The van der Waals surface area contributed by atoms with Gasteiger partial charge in [-0.1, -0.05) is 39.5 Å². The van der Waals surface area contributed by atoms with Crippen LogP contribution in [0.15, 0.2) is 14.6 Å². The van der Waals surface area contributed by atoms with Gasteiger partial charge in [0.1, 0.15) is 5.71 Å². The van der Waals surface area contributed by atoms with E-state index in [-0.39, 0.29) is 17.7 Å². The monoisotopic (exact) mass is 345 g/mol. The van der Waals surface area contributed by atoms with Crippen LogP contribution in [-0.4, -0.2) is 17.5 Å².